The quantitative estimate of drug-likeness (QED) is 0.442. The number of esters is 1. The maximum Gasteiger partial charge on any atom is 0.341 e. The van der Waals surface area contributed by atoms with Crippen molar-refractivity contribution in [3.05, 3.63) is 64.2 Å². The van der Waals surface area contributed by atoms with Crippen molar-refractivity contribution >= 4 is 28.9 Å². The molecule has 1 atom stereocenters. The zero-order chi connectivity index (χ0) is 21.7. The van der Waals surface area contributed by atoms with Crippen LogP contribution < -0.4 is 10.2 Å². The molecule has 9 nitrogen and oxygen atoms in total. The van der Waals surface area contributed by atoms with Gasteiger partial charge in [0.05, 0.1) is 10.5 Å². The molecular weight excluding hydrogens is 388 g/mol. The first-order chi connectivity index (χ1) is 14.4. The van der Waals surface area contributed by atoms with Gasteiger partial charge in [-0.05, 0) is 25.1 Å². The average Bonchev–Trinajstić information content (AvgIpc) is 2.78. The van der Waals surface area contributed by atoms with Gasteiger partial charge in [-0.3, -0.25) is 14.9 Å². The summed E-state index contributed by atoms with van der Waals surface area (Å²) in [4.78, 5) is 39.6. The maximum absolute atomic E-state index is 12.7. The number of anilines is 2. The van der Waals surface area contributed by atoms with Crippen molar-refractivity contribution in [1.29, 1.82) is 0 Å². The number of nitro groups is 1. The number of para-hydroxylation sites is 1. The molecule has 0 saturated carbocycles. The zero-order valence-electron chi connectivity index (χ0n) is 16.9. The number of ether oxygens (including phenoxy) is 1. The molecule has 0 aromatic heterocycles. The van der Waals surface area contributed by atoms with Crippen LogP contribution in [0.15, 0.2) is 48.5 Å². The highest BCUT2D eigenvalue weighted by molar-refractivity contribution is 5.98. The molecule has 0 unspecified atom stereocenters. The van der Waals surface area contributed by atoms with Gasteiger partial charge in [-0.15, -0.1) is 0 Å². The summed E-state index contributed by atoms with van der Waals surface area (Å²) in [6.07, 6.45) is -0.996. The van der Waals surface area contributed by atoms with E-state index in [0.29, 0.717) is 31.9 Å². The van der Waals surface area contributed by atoms with Crippen LogP contribution in [-0.4, -0.2) is 61.0 Å². The lowest BCUT2D eigenvalue weighted by atomic mass is 10.1. The number of amides is 1. The van der Waals surface area contributed by atoms with E-state index in [2.05, 4.69) is 10.2 Å². The van der Waals surface area contributed by atoms with Gasteiger partial charge in [0.15, 0.2) is 6.10 Å². The van der Waals surface area contributed by atoms with Gasteiger partial charge in [0, 0.05) is 56.7 Å². The van der Waals surface area contributed by atoms with Crippen LogP contribution in [0.2, 0.25) is 0 Å². The fourth-order valence-corrected chi connectivity index (χ4v) is 3.39. The van der Waals surface area contributed by atoms with Gasteiger partial charge in [-0.2, -0.15) is 0 Å². The molecule has 158 valence electrons. The van der Waals surface area contributed by atoms with Gasteiger partial charge in [0.25, 0.3) is 11.6 Å². The number of non-ortho nitro benzene ring substituents is 1. The highest BCUT2D eigenvalue weighted by Crippen LogP contribution is 2.23. The molecule has 30 heavy (non-hydrogen) atoms. The summed E-state index contributed by atoms with van der Waals surface area (Å²) in [6.45, 7) is 3.93. The molecule has 0 aliphatic carbocycles. The number of nitrogens with one attached hydrogen (secondary N) is 1. The minimum absolute atomic E-state index is 0.0141. The molecule has 1 aliphatic heterocycles. The van der Waals surface area contributed by atoms with Crippen molar-refractivity contribution in [3.63, 3.8) is 0 Å². The van der Waals surface area contributed by atoms with Gasteiger partial charge in [0.1, 0.15) is 0 Å². The predicted octanol–water partition coefficient (Wildman–Crippen LogP) is 2.53. The number of benzene rings is 2. The number of piperazine rings is 1. The molecular formula is C21H24N4O5. The van der Waals surface area contributed by atoms with Crippen molar-refractivity contribution in [3.8, 4) is 0 Å². The molecule has 0 spiro atoms. The SMILES string of the molecule is CNc1ccc([N+](=O)[O-])cc1C(=O)O[C@H](C)C(=O)N1CCN(c2ccccc2)CC1. The number of nitro benzene ring substituents is 1. The second-order valence-electron chi connectivity index (χ2n) is 6.93. The molecule has 2 aromatic rings. The summed E-state index contributed by atoms with van der Waals surface area (Å²) in [6, 6.07) is 13.8. The average molecular weight is 412 g/mol. The van der Waals surface area contributed by atoms with Crippen LogP contribution in [0.3, 0.4) is 0 Å². The van der Waals surface area contributed by atoms with E-state index in [9.17, 15) is 19.7 Å². The zero-order valence-corrected chi connectivity index (χ0v) is 16.9. The first-order valence-electron chi connectivity index (χ1n) is 9.66. The van der Waals surface area contributed by atoms with Crippen LogP contribution in [-0.2, 0) is 9.53 Å². The third-order valence-corrected chi connectivity index (χ3v) is 5.05. The van der Waals surface area contributed by atoms with E-state index < -0.39 is 17.0 Å². The first kappa shape index (κ1) is 21.1. The van der Waals surface area contributed by atoms with Gasteiger partial charge in [0.2, 0.25) is 0 Å². The lowest BCUT2D eigenvalue weighted by molar-refractivity contribution is -0.384. The smallest absolute Gasteiger partial charge is 0.341 e. The van der Waals surface area contributed by atoms with E-state index in [1.54, 1.807) is 11.9 Å². The number of hydrogen-bond donors (Lipinski definition) is 1. The Hall–Kier alpha value is -3.62. The van der Waals surface area contributed by atoms with E-state index in [0.717, 1.165) is 11.8 Å². The van der Waals surface area contributed by atoms with Crippen LogP contribution in [0, 0.1) is 10.1 Å². The lowest BCUT2D eigenvalue weighted by Crippen LogP contribution is -2.51. The standard InChI is InChI=1S/C21H24N4O5/c1-15(30-21(27)18-14-17(25(28)29)8-9-19(18)22-2)20(26)24-12-10-23(11-13-24)16-6-4-3-5-7-16/h3-9,14-15,22H,10-13H2,1-2H3/t15-/m1/s1. The summed E-state index contributed by atoms with van der Waals surface area (Å²) in [7, 11) is 1.60. The second kappa shape index (κ2) is 9.25. The number of nitrogens with zero attached hydrogens (tertiary/aromatic N) is 3. The minimum Gasteiger partial charge on any atom is -0.449 e. The van der Waals surface area contributed by atoms with Gasteiger partial charge >= 0.3 is 5.97 Å². The first-order valence-corrected chi connectivity index (χ1v) is 9.66. The fraction of sp³-hybridized carbons (Fsp3) is 0.333. The Kier molecular flexibility index (Phi) is 6.51. The van der Waals surface area contributed by atoms with Gasteiger partial charge < -0.3 is 19.9 Å². The number of carbonyl (C=O) groups excluding carboxylic acids is 2. The van der Waals surface area contributed by atoms with Crippen LogP contribution in [0.25, 0.3) is 0 Å². The van der Waals surface area contributed by atoms with E-state index in [4.69, 9.17) is 4.74 Å². The molecule has 1 amide bonds. The Morgan fingerprint density at radius 3 is 2.37 bits per heavy atom. The van der Waals surface area contributed by atoms with Gasteiger partial charge in [-0.1, -0.05) is 18.2 Å². The second-order valence-corrected chi connectivity index (χ2v) is 6.93. The highest BCUT2D eigenvalue weighted by atomic mass is 16.6. The molecule has 0 radical (unpaired) electrons. The molecule has 9 heteroatoms. The maximum atomic E-state index is 12.7. The minimum atomic E-state index is -0.996. The summed E-state index contributed by atoms with van der Waals surface area (Å²) in [5.74, 6) is -1.07. The van der Waals surface area contributed by atoms with Crippen molar-refractivity contribution in [2.75, 3.05) is 43.4 Å². The van der Waals surface area contributed by atoms with Crippen LogP contribution in [0.1, 0.15) is 17.3 Å². The largest absolute Gasteiger partial charge is 0.449 e. The van der Waals surface area contributed by atoms with E-state index in [1.807, 2.05) is 30.3 Å². The van der Waals surface area contributed by atoms with Crippen LogP contribution in [0.4, 0.5) is 17.1 Å². The van der Waals surface area contributed by atoms with Crippen molar-refractivity contribution in [2.45, 2.75) is 13.0 Å². The lowest BCUT2D eigenvalue weighted by Gasteiger charge is -2.37. The summed E-state index contributed by atoms with van der Waals surface area (Å²) in [5.41, 5.74) is 1.29. The van der Waals surface area contributed by atoms with E-state index in [-0.39, 0.29) is 17.2 Å². The number of rotatable bonds is 6. The van der Waals surface area contributed by atoms with Gasteiger partial charge in [-0.25, -0.2) is 4.79 Å². The Balaban J connectivity index is 1.61. The monoisotopic (exact) mass is 412 g/mol. The Bertz CT molecular complexity index is 926. The van der Waals surface area contributed by atoms with Crippen molar-refractivity contribution in [2.24, 2.45) is 0 Å². The van der Waals surface area contributed by atoms with Crippen molar-refractivity contribution < 1.29 is 19.2 Å². The fourth-order valence-electron chi connectivity index (χ4n) is 3.39. The normalized spacial score (nSPS) is 14.7. The van der Waals surface area contributed by atoms with Crippen LogP contribution >= 0.6 is 0 Å². The molecule has 1 fully saturated rings. The Morgan fingerprint density at radius 1 is 1.10 bits per heavy atom. The molecule has 1 heterocycles. The molecule has 1 aliphatic rings. The predicted molar refractivity (Wildman–Crippen MR) is 113 cm³/mol. The summed E-state index contributed by atoms with van der Waals surface area (Å²) in [5, 5.41) is 13.8. The van der Waals surface area contributed by atoms with E-state index >= 15 is 0 Å². The summed E-state index contributed by atoms with van der Waals surface area (Å²) < 4.78 is 5.33. The van der Waals surface area contributed by atoms with Crippen molar-refractivity contribution in [1.82, 2.24) is 4.90 Å². The molecule has 0 bridgehead atoms. The van der Waals surface area contributed by atoms with E-state index in [1.165, 1.54) is 19.1 Å². The molecule has 3 rings (SSSR count). The molecule has 1 saturated heterocycles. The third-order valence-electron chi connectivity index (χ3n) is 5.05. The molecule has 1 N–H and O–H groups in total. The third kappa shape index (κ3) is 4.68. The number of carbonyl (C=O) groups is 2. The summed E-state index contributed by atoms with van der Waals surface area (Å²) >= 11 is 0. The Labute approximate surface area is 174 Å². The molecule has 2 aromatic carbocycles. The highest BCUT2D eigenvalue weighted by Gasteiger charge is 2.28. The van der Waals surface area contributed by atoms with Crippen LogP contribution in [0.5, 0.6) is 0 Å². The number of hydrogen-bond acceptors (Lipinski definition) is 7. The Morgan fingerprint density at radius 2 is 1.77 bits per heavy atom. The topological polar surface area (TPSA) is 105 Å².